The van der Waals surface area contributed by atoms with Crippen molar-refractivity contribution in [2.24, 2.45) is 5.92 Å². The highest BCUT2D eigenvalue weighted by Crippen LogP contribution is 2.21. The molecule has 0 bridgehead atoms. The summed E-state index contributed by atoms with van der Waals surface area (Å²) in [6.45, 7) is 5.27. The van der Waals surface area contributed by atoms with Crippen LogP contribution in [0.4, 0.5) is 0 Å². The molecule has 4 heteroatoms. The minimum Gasteiger partial charge on any atom is -0.212 e. The van der Waals surface area contributed by atoms with Gasteiger partial charge < -0.3 is 0 Å². The second kappa shape index (κ2) is 3.11. The first kappa shape index (κ1) is 9.00. The Balaban J connectivity index is 2.44. The van der Waals surface area contributed by atoms with Crippen LogP contribution in [0.5, 0.6) is 0 Å². The molecule has 1 heterocycles. The first-order valence-electron chi connectivity index (χ1n) is 4.08. The van der Waals surface area contributed by atoms with Gasteiger partial charge in [0.2, 0.25) is 10.0 Å². The van der Waals surface area contributed by atoms with Crippen molar-refractivity contribution >= 4 is 10.0 Å². The monoisotopic (exact) mass is 177 g/mol. The molecule has 0 unspecified atom stereocenters. The van der Waals surface area contributed by atoms with E-state index in [1.807, 2.05) is 0 Å². The van der Waals surface area contributed by atoms with E-state index in [9.17, 15) is 8.42 Å². The van der Waals surface area contributed by atoms with Crippen molar-refractivity contribution < 1.29 is 8.42 Å². The molecule has 0 aromatic heterocycles. The molecule has 0 saturated carbocycles. The summed E-state index contributed by atoms with van der Waals surface area (Å²) in [6, 6.07) is 0. The lowest BCUT2D eigenvalue weighted by molar-refractivity contribution is 0.196. The van der Waals surface area contributed by atoms with Crippen molar-refractivity contribution in [3.63, 3.8) is 0 Å². The Labute approximate surface area is 68.4 Å². The highest BCUT2D eigenvalue weighted by atomic mass is 32.2. The lowest BCUT2D eigenvalue weighted by Gasteiger charge is -2.37. The Morgan fingerprint density at radius 1 is 1.36 bits per heavy atom. The number of sulfonamides is 1. The van der Waals surface area contributed by atoms with E-state index in [1.165, 1.54) is 0 Å². The lowest BCUT2D eigenvalue weighted by Crippen LogP contribution is -2.50. The van der Waals surface area contributed by atoms with Crippen LogP contribution >= 0.6 is 0 Å². The molecule has 0 amide bonds. The first-order chi connectivity index (χ1) is 5.10. The molecule has 1 aliphatic heterocycles. The normalized spacial score (nSPS) is 21.6. The fourth-order valence-corrected chi connectivity index (χ4v) is 2.43. The van der Waals surface area contributed by atoms with Gasteiger partial charge in [0.05, 0.1) is 5.75 Å². The third-order valence-electron chi connectivity index (χ3n) is 2.26. The highest BCUT2D eigenvalue weighted by molar-refractivity contribution is 7.89. The SMILES string of the molecule is CCC1CN(S(=O)(=O)CC)C1. The molecule has 0 aromatic carbocycles. The second-order valence-corrected chi connectivity index (χ2v) is 5.25. The molecule has 1 aliphatic rings. The summed E-state index contributed by atoms with van der Waals surface area (Å²) in [5, 5.41) is 0. The maximum atomic E-state index is 11.2. The third kappa shape index (κ3) is 1.73. The molecule has 0 N–H and O–H groups in total. The van der Waals surface area contributed by atoms with Gasteiger partial charge >= 0.3 is 0 Å². The standard InChI is InChI=1S/C7H15NO2S/c1-3-7-5-8(6-7)11(9,10)4-2/h7H,3-6H2,1-2H3. The van der Waals surface area contributed by atoms with Gasteiger partial charge in [0.1, 0.15) is 0 Å². The van der Waals surface area contributed by atoms with Crippen LogP contribution in [-0.4, -0.2) is 31.6 Å². The van der Waals surface area contributed by atoms with Crippen molar-refractivity contribution in [1.29, 1.82) is 0 Å². The largest absolute Gasteiger partial charge is 0.213 e. The first-order valence-corrected chi connectivity index (χ1v) is 5.69. The maximum Gasteiger partial charge on any atom is 0.213 e. The van der Waals surface area contributed by atoms with E-state index in [0.29, 0.717) is 5.92 Å². The Bertz CT molecular complexity index is 217. The number of nitrogens with zero attached hydrogens (tertiary/aromatic N) is 1. The van der Waals surface area contributed by atoms with Gasteiger partial charge in [-0.1, -0.05) is 13.3 Å². The zero-order valence-electron chi connectivity index (χ0n) is 7.08. The van der Waals surface area contributed by atoms with Crippen molar-refractivity contribution in [3.05, 3.63) is 0 Å². The smallest absolute Gasteiger partial charge is 0.212 e. The van der Waals surface area contributed by atoms with Gasteiger partial charge in [-0.25, -0.2) is 12.7 Å². The Hall–Kier alpha value is -0.0900. The summed E-state index contributed by atoms with van der Waals surface area (Å²) in [5.41, 5.74) is 0. The third-order valence-corrected chi connectivity index (χ3v) is 4.07. The van der Waals surface area contributed by atoms with Crippen LogP contribution in [0, 0.1) is 5.92 Å². The van der Waals surface area contributed by atoms with E-state index in [4.69, 9.17) is 0 Å². The number of rotatable bonds is 3. The van der Waals surface area contributed by atoms with E-state index in [1.54, 1.807) is 11.2 Å². The van der Waals surface area contributed by atoms with Gasteiger partial charge in [0.25, 0.3) is 0 Å². The molecule has 0 spiro atoms. The fraction of sp³-hybridized carbons (Fsp3) is 1.00. The van der Waals surface area contributed by atoms with Crippen molar-refractivity contribution in [3.8, 4) is 0 Å². The zero-order chi connectivity index (χ0) is 8.48. The number of hydrogen-bond donors (Lipinski definition) is 0. The molecule has 1 rings (SSSR count). The summed E-state index contributed by atoms with van der Waals surface area (Å²) in [7, 11) is -2.87. The molecule has 0 aliphatic carbocycles. The molecule has 1 fully saturated rings. The molecule has 11 heavy (non-hydrogen) atoms. The maximum absolute atomic E-state index is 11.2. The van der Waals surface area contributed by atoms with Gasteiger partial charge in [-0.3, -0.25) is 0 Å². The quantitative estimate of drug-likeness (QED) is 0.635. The lowest BCUT2D eigenvalue weighted by atomic mass is 10.0. The molecule has 0 atom stereocenters. The second-order valence-electron chi connectivity index (χ2n) is 2.99. The summed E-state index contributed by atoms with van der Waals surface area (Å²) < 4.78 is 23.9. The van der Waals surface area contributed by atoms with Crippen LogP contribution in [0.15, 0.2) is 0 Å². The van der Waals surface area contributed by atoms with E-state index >= 15 is 0 Å². The van der Waals surface area contributed by atoms with Gasteiger partial charge in [-0.05, 0) is 12.8 Å². The van der Waals surface area contributed by atoms with Gasteiger partial charge in [0, 0.05) is 13.1 Å². The van der Waals surface area contributed by atoms with Crippen LogP contribution in [0.2, 0.25) is 0 Å². The fourth-order valence-electron chi connectivity index (χ4n) is 1.19. The molecule has 1 saturated heterocycles. The Kier molecular flexibility index (Phi) is 2.54. The molecule has 0 aromatic rings. The van der Waals surface area contributed by atoms with E-state index < -0.39 is 10.0 Å². The average molecular weight is 177 g/mol. The van der Waals surface area contributed by atoms with Crippen molar-refractivity contribution in [2.45, 2.75) is 20.3 Å². The van der Waals surface area contributed by atoms with Crippen LogP contribution in [0.1, 0.15) is 20.3 Å². The Morgan fingerprint density at radius 2 is 1.91 bits per heavy atom. The van der Waals surface area contributed by atoms with Crippen LogP contribution < -0.4 is 0 Å². The summed E-state index contributed by atoms with van der Waals surface area (Å²) in [6.07, 6.45) is 1.09. The minimum atomic E-state index is -2.87. The van der Waals surface area contributed by atoms with Crippen molar-refractivity contribution in [1.82, 2.24) is 4.31 Å². The number of hydrogen-bond acceptors (Lipinski definition) is 2. The molecule has 66 valence electrons. The molecular weight excluding hydrogens is 162 g/mol. The summed E-state index contributed by atoms with van der Waals surface area (Å²) >= 11 is 0. The predicted molar refractivity (Wildman–Crippen MR) is 44.8 cm³/mol. The van der Waals surface area contributed by atoms with E-state index in [0.717, 1.165) is 19.5 Å². The Morgan fingerprint density at radius 3 is 2.27 bits per heavy atom. The van der Waals surface area contributed by atoms with E-state index in [-0.39, 0.29) is 5.75 Å². The van der Waals surface area contributed by atoms with Crippen LogP contribution in [0.3, 0.4) is 0 Å². The molecule has 3 nitrogen and oxygen atoms in total. The average Bonchev–Trinajstić information content (AvgIpc) is 1.85. The predicted octanol–water partition coefficient (Wildman–Crippen LogP) is 0.678. The topological polar surface area (TPSA) is 37.4 Å². The summed E-state index contributed by atoms with van der Waals surface area (Å²) in [4.78, 5) is 0. The van der Waals surface area contributed by atoms with Gasteiger partial charge in [0.15, 0.2) is 0 Å². The molecule has 0 radical (unpaired) electrons. The van der Waals surface area contributed by atoms with Gasteiger partial charge in [-0.15, -0.1) is 0 Å². The zero-order valence-corrected chi connectivity index (χ0v) is 7.89. The minimum absolute atomic E-state index is 0.240. The van der Waals surface area contributed by atoms with Gasteiger partial charge in [-0.2, -0.15) is 0 Å². The summed E-state index contributed by atoms with van der Waals surface area (Å²) in [5.74, 6) is 0.847. The van der Waals surface area contributed by atoms with E-state index in [2.05, 4.69) is 6.92 Å². The van der Waals surface area contributed by atoms with Crippen molar-refractivity contribution in [2.75, 3.05) is 18.8 Å². The van der Waals surface area contributed by atoms with Crippen LogP contribution in [-0.2, 0) is 10.0 Å². The highest BCUT2D eigenvalue weighted by Gasteiger charge is 2.32. The molecular formula is C7H15NO2S. The van der Waals surface area contributed by atoms with Crippen LogP contribution in [0.25, 0.3) is 0 Å².